The van der Waals surface area contributed by atoms with Gasteiger partial charge in [0.2, 0.25) is 0 Å². The third-order valence-corrected chi connectivity index (χ3v) is 5.28. The fourth-order valence-corrected chi connectivity index (χ4v) is 3.73. The molecule has 3 nitrogen and oxygen atoms in total. The van der Waals surface area contributed by atoms with Gasteiger partial charge in [0.25, 0.3) is 0 Å². The summed E-state index contributed by atoms with van der Waals surface area (Å²) in [5.74, 6) is 0.562. The molecule has 0 bridgehead atoms. The van der Waals surface area contributed by atoms with Crippen LogP contribution in [0.4, 0.5) is 4.39 Å². The summed E-state index contributed by atoms with van der Waals surface area (Å²) < 4.78 is 13.0. The van der Waals surface area contributed by atoms with E-state index in [0.29, 0.717) is 5.92 Å². The summed E-state index contributed by atoms with van der Waals surface area (Å²) in [6, 6.07) is 13.3. The topological polar surface area (TPSA) is 31.9 Å². The van der Waals surface area contributed by atoms with Gasteiger partial charge in [0.05, 0.1) is 11.7 Å². The van der Waals surface area contributed by atoms with Crippen LogP contribution in [0, 0.1) is 11.7 Å². The number of aromatic nitrogens is 2. The standard InChI is InChI=1S/C22H24FN3/c23-21-6-3-18(4-7-21)14-19-9-12-26(13-10-19)11-1-2-17-5-8-22-20(15-17)16-24-25-22/h1-8,15-16,19H,9-14H2,(H,24,25)/b2-1+. The minimum Gasteiger partial charge on any atom is -0.300 e. The predicted molar refractivity (Wildman–Crippen MR) is 104 cm³/mol. The highest BCUT2D eigenvalue weighted by Crippen LogP contribution is 2.22. The average Bonchev–Trinajstić information content (AvgIpc) is 3.13. The second-order valence-corrected chi connectivity index (χ2v) is 7.19. The van der Waals surface area contributed by atoms with Crippen molar-refractivity contribution in [3.05, 3.63) is 71.7 Å². The van der Waals surface area contributed by atoms with Crippen LogP contribution in [0.5, 0.6) is 0 Å². The van der Waals surface area contributed by atoms with Crippen molar-refractivity contribution in [1.29, 1.82) is 0 Å². The van der Waals surface area contributed by atoms with Gasteiger partial charge in [-0.05, 0) is 73.7 Å². The van der Waals surface area contributed by atoms with Crippen LogP contribution in [0.15, 0.2) is 54.7 Å². The summed E-state index contributed by atoms with van der Waals surface area (Å²) in [6.45, 7) is 3.26. The Labute approximate surface area is 153 Å². The van der Waals surface area contributed by atoms with Crippen molar-refractivity contribution in [3.63, 3.8) is 0 Å². The van der Waals surface area contributed by atoms with Crippen LogP contribution in [0.3, 0.4) is 0 Å². The van der Waals surface area contributed by atoms with E-state index >= 15 is 0 Å². The van der Waals surface area contributed by atoms with Crippen molar-refractivity contribution in [2.45, 2.75) is 19.3 Å². The summed E-state index contributed by atoms with van der Waals surface area (Å²) >= 11 is 0. The van der Waals surface area contributed by atoms with Gasteiger partial charge in [-0.15, -0.1) is 0 Å². The molecule has 4 rings (SSSR count). The van der Waals surface area contributed by atoms with Crippen molar-refractivity contribution >= 4 is 17.0 Å². The van der Waals surface area contributed by atoms with Gasteiger partial charge in [-0.1, -0.05) is 30.4 Å². The third kappa shape index (κ3) is 4.20. The van der Waals surface area contributed by atoms with Gasteiger partial charge in [0, 0.05) is 11.9 Å². The first-order valence-electron chi connectivity index (χ1n) is 9.33. The lowest BCUT2D eigenvalue weighted by Crippen LogP contribution is -2.34. The number of benzene rings is 2. The number of aromatic amines is 1. The number of halogens is 1. The van der Waals surface area contributed by atoms with Gasteiger partial charge in [-0.25, -0.2) is 4.39 Å². The zero-order valence-electron chi connectivity index (χ0n) is 14.9. The zero-order chi connectivity index (χ0) is 17.8. The second kappa shape index (κ2) is 7.83. The van der Waals surface area contributed by atoms with Gasteiger partial charge in [0.1, 0.15) is 5.82 Å². The number of rotatable bonds is 5. The minimum absolute atomic E-state index is 0.151. The molecule has 26 heavy (non-hydrogen) atoms. The number of likely N-dealkylation sites (tertiary alicyclic amines) is 1. The molecule has 2 aromatic carbocycles. The monoisotopic (exact) mass is 349 g/mol. The van der Waals surface area contributed by atoms with Crippen molar-refractivity contribution in [1.82, 2.24) is 15.1 Å². The van der Waals surface area contributed by atoms with Gasteiger partial charge >= 0.3 is 0 Å². The lowest BCUT2D eigenvalue weighted by molar-refractivity contribution is 0.200. The normalized spacial score (nSPS) is 16.7. The molecule has 0 saturated carbocycles. The predicted octanol–water partition coefficient (Wildman–Crippen LogP) is 4.67. The summed E-state index contributed by atoms with van der Waals surface area (Å²) in [6.07, 6.45) is 9.80. The van der Waals surface area contributed by atoms with E-state index in [4.69, 9.17) is 0 Å². The smallest absolute Gasteiger partial charge is 0.123 e. The van der Waals surface area contributed by atoms with Crippen molar-refractivity contribution in [2.24, 2.45) is 5.92 Å². The Morgan fingerprint density at radius 3 is 2.73 bits per heavy atom. The summed E-state index contributed by atoms with van der Waals surface area (Å²) in [7, 11) is 0. The van der Waals surface area contributed by atoms with E-state index in [1.54, 1.807) is 12.1 Å². The number of nitrogens with one attached hydrogen (secondary N) is 1. The van der Waals surface area contributed by atoms with Gasteiger partial charge in [0.15, 0.2) is 0 Å². The number of piperidine rings is 1. The summed E-state index contributed by atoms with van der Waals surface area (Å²) in [5.41, 5.74) is 3.54. The average molecular weight is 349 g/mol. The number of hydrogen-bond acceptors (Lipinski definition) is 2. The highest BCUT2D eigenvalue weighted by Gasteiger charge is 2.18. The van der Waals surface area contributed by atoms with E-state index in [9.17, 15) is 4.39 Å². The molecular formula is C22H24FN3. The first kappa shape index (κ1) is 17.0. The molecule has 0 unspecified atom stereocenters. The Hall–Kier alpha value is -2.46. The SMILES string of the molecule is Fc1ccc(CC2CCN(C/C=C/c3ccc4[nH]ncc4c3)CC2)cc1. The Morgan fingerprint density at radius 2 is 1.92 bits per heavy atom. The van der Waals surface area contributed by atoms with Crippen LogP contribution in [0.25, 0.3) is 17.0 Å². The molecule has 134 valence electrons. The van der Waals surface area contributed by atoms with Crippen molar-refractivity contribution in [2.75, 3.05) is 19.6 Å². The molecule has 2 heterocycles. The minimum atomic E-state index is -0.151. The number of nitrogens with zero attached hydrogens (tertiary/aromatic N) is 2. The van der Waals surface area contributed by atoms with Crippen molar-refractivity contribution < 1.29 is 4.39 Å². The second-order valence-electron chi connectivity index (χ2n) is 7.19. The number of hydrogen-bond donors (Lipinski definition) is 1. The number of fused-ring (bicyclic) bond motifs is 1. The molecule has 1 N–H and O–H groups in total. The maximum atomic E-state index is 13.0. The molecule has 3 aromatic rings. The van der Waals surface area contributed by atoms with E-state index in [0.717, 1.165) is 37.0 Å². The molecule has 0 atom stereocenters. The molecule has 0 aliphatic carbocycles. The fraction of sp³-hybridized carbons (Fsp3) is 0.318. The molecule has 4 heteroatoms. The van der Waals surface area contributed by atoms with Gasteiger partial charge in [-0.2, -0.15) is 5.10 Å². The fourth-order valence-electron chi connectivity index (χ4n) is 3.73. The lowest BCUT2D eigenvalue weighted by atomic mass is 9.90. The first-order valence-corrected chi connectivity index (χ1v) is 9.33. The zero-order valence-corrected chi connectivity index (χ0v) is 14.9. The highest BCUT2D eigenvalue weighted by molar-refractivity contribution is 5.80. The Balaban J connectivity index is 1.25. The van der Waals surface area contributed by atoms with E-state index in [2.05, 4.69) is 45.4 Å². The lowest BCUT2D eigenvalue weighted by Gasteiger charge is -2.31. The molecule has 0 radical (unpaired) electrons. The highest BCUT2D eigenvalue weighted by atomic mass is 19.1. The largest absolute Gasteiger partial charge is 0.300 e. The first-order chi connectivity index (χ1) is 12.8. The quantitative estimate of drug-likeness (QED) is 0.726. The van der Waals surface area contributed by atoms with E-state index in [1.807, 2.05) is 18.3 Å². The molecule has 0 amide bonds. The van der Waals surface area contributed by atoms with Crippen LogP contribution in [-0.4, -0.2) is 34.7 Å². The van der Waals surface area contributed by atoms with Crippen LogP contribution in [0.2, 0.25) is 0 Å². The van der Waals surface area contributed by atoms with Crippen LogP contribution >= 0.6 is 0 Å². The van der Waals surface area contributed by atoms with Crippen molar-refractivity contribution in [3.8, 4) is 0 Å². The molecular weight excluding hydrogens is 325 g/mol. The molecule has 1 aliphatic heterocycles. The van der Waals surface area contributed by atoms with Crippen LogP contribution in [-0.2, 0) is 6.42 Å². The molecule has 1 aromatic heterocycles. The molecule has 1 fully saturated rings. The number of H-pyrrole nitrogens is 1. The van der Waals surface area contributed by atoms with Gasteiger partial charge in [-0.3, -0.25) is 10.00 Å². The van der Waals surface area contributed by atoms with Crippen LogP contribution < -0.4 is 0 Å². The maximum Gasteiger partial charge on any atom is 0.123 e. The van der Waals surface area contributed by atoms with Crippen LogP contribution in [0.1, 0.15) is 24.0 Å². The summed E-state index contributed by atoms with van der Waals surface area (Å²) in [5, 5.41) is 8.19. The summed E-state index contributed by atoms with van der Waals surface area (Å²) in [4.78, 5) is 2.51. The van der Waals surface area contributed by atoms with E-state index < -0.39 is 0 Å². The van der Waals surface area contributed by atoms with Gasteiger partial charge < -0.3 is 0 Å². The molecule has 1 saturated heterocycles. The van der Waals surface area contributed by atoms with E-state index in [1.165, 1.54) is 24.0 Å². The Bertz CT molecular complexity index is 874. The van der Waals surface area contributed by atoms with E-state index in [-0.39, 0.29) is 5.82 Å². The molecule has 0 spiro atoms. The molecule has 1 aliphatic rings. The third-order valence-electron chi connectivity index (χ3n) is 5.28. The maximum absolute atomic E-state index is 13.0. The Morgan fingerprint density at radius 1 is 1.12 bits per heavy atom. The Kier molecular flexibility index (Phi) is 5.12.